The Morgan fingerprint density at radius 1 is 1.35 bits per heavy atom. The van der Waals surface area contributed by atoms with Gasteiger partial charge < -0.3 is 10.2 Å². The molecule has 1 aliphatic rings. The van der Waals surface area contributed by atoms with E-state index >= 15 is 0 Å². The SMILES string of the molecule is CC1NCCN(C(=O)Cc2ccc(F)c(F)c2)C1C.Cl. The topological polar surface area (TPSA) is 32.3 Å². The molecule has 2 unspecified atom stereocenters. The van der Waals surface area contributed by atoms with Crippen LogP contribution in [0.5, 0.6) is 0 Å². The Balaban J connectivity index is 0.00000200. The van der Waals surface area contributed by atoms with Crippen LogP contribution in [-0.4, -0.2) is 36.0 Å². The lowest BCUT2D eigenvalue weighted by Crippen LogP contribution is -2.57. The van der Waals surface area contributed by atoms with Crippen molar-refractivity contribution in [1.29, 1.82) is 0 Å². The van der Waals surface area contributed by atoms with Gasteiger partial charge in [0.15, 0.2) is 11.6 Å². The van der Waals surface area contributed by atoms with Crippen LogP contribution in [0.15, 0.2) is 18.2 Å². The predicted molar refractivity (Wildman–Crippen MR) is 75.9 cm³/mol. The third kappa shape index (κ3) is 3.67. The third-order valence-electron chi connectivity index (χ3n) is 3.69. The number of carbonyl (C=O) groups excluding carboxylic acids is 1. The number of piperazine rings is 1. The second-order valence-corrected chi connectivity index (χ2v) is 5.00. The molecule has 1 saturated heterocycles. The normalized spacial score (nSPS) is 22.3. The van der Waals surface area contributed by atoms with Gasteiger partial charge in [0.1, 0.15) is 0 Å². The summed E-state index contributed by atoms with van der Waals surface area (Å²) in [6.45, 7) is 5.42. The second kappa shape index (κ2) is 6.99. The molecule has 112 valence electrons. The molecule has 0 bridgehead atoms. The molecule has 2 atom stereocenters. The summed E-state index contributed by atoms with van der Waals surface area (Å²) in [4.78, 5) is 14.0. The van der Waals surface area contributed by atoms with Gasteiger partial charge in [-0.1, -0.05) is 6.07 Å². The van der Waals surface area contributed by atoms with Gasteiger partial charge in [0, 0.05) is 25.2 Å². The molecule has 1 N–H and O–H groups in total. The molecule has 1 heterocycles. The summed E-state index contributed by atoms with van der Waals surface area (Å²) >= 11 is 0. The molecular formula is C14H19ClF2N2O. The summed E-state index contributed by atoms with van der Waals surface area (Å²) in [5.41, 5.74) is 0.502. The summed E-state index contributed by atoms with van der Waals surface area (Å²) in [5, 5.41) is 3.29. The van der Waals surface area contributed by atoms with Crippen molar-refractivity contribution in [3.63, 3.8) is 0 Å². The highest BCUT2D eigenvalue weighted by molar-refractivity contribution is 5.85. The van der Waals surface area contributed by atoms with E-state index in [-0.39, 0.29) is 36.8 Å². The Morgan fingerprint density at radius 2 is 2.05 bits per heavy atom. The zero-order valence-corrected chi connectivity index (χ0v) is 12.3. The van der Waals surface area contributed by atoms with Crippen LogP contribution in [0.3, 0.4) is 0 Å². The van der Waals surface area contributed by atoms with Gasteiger partial charge in [0.05, 0.1) is 6.42 Å². The molecule has 3 nitrogen and oxygen atoms in total. The number of rotatable bonds is 2. The van der Waals surface area contributed by atoms with Crippen LogP contribution in [0, 0.1) is 11.6 Å². The van der Waals surface area contributed by atoms with Crippen molar-refractivity contribution in [1.82, 2.24) is 10.2 Å². The molecule has 0 aromatic heterocycles. The van der Waals surface area contributed by atoms with E-state index in [1.807, 2.05) is 13.8 Å². The number of nitrogens with zero attached hydrogens (tertiary/aromatic N) is 1. The fraction of sp³-hybridized carbons (Fsp3) is 0.500. The molecule has 0 aliphatic carbocycles. The lowest BCUT2D eigenvalue weighted by Gasteiger charge is -2.38. The van der Waals surface area contributed by atoms with Gasteiger partial charge in [-0.05, 0) is 31.5 Å². The van der Waals surface area contributed by atoms with Crippen molar-refractivity contribution in [3.05, 3.63) is 35.4 Å². The smallest absolute Gasteiger partial charge is 0.227 e. The number of hydrogen-bond donors (Lipinski definition) is 1. The van der Waals surface area contributed by atoms with Gasteiger partial charge in [0.25, 0.3) is 0 Å². The largest absolute Gasteiger partial charge is 0.337 e. The minimum absolute atomic E-state index is 0. The first-order valence-electron chi connectivity index (χ1n) is 6.46. The molecule has 6 heteroatoms. The minimum atomic E-state index is -0.910. The molecule has 0 saturated carbocycles. The Labute approximate surface area is 123 Å². The summed E-state index contributed by atoms with van der Waals surface area (Å²) in [5.74, 6) is -1.85. The van der Waals surface area contributed by atoms with Crippen molar-refractivity contribution in [2.75, 3.05) is 13.1 Å². The average molecular weight is 305 g/mol. The number of halogens is 3. The van der Waals surface area contributed by atoms with E-state index in [1.165, 1.54) is 6.07 Å². The fourth-order valence-electron chi connectivity index (χ4n) is 2.33. The van der Waals surface area contributed by atoms with E-state index in [0.717, 1.165) is 18.7 Å². The molecule has 1 fully saturated rings. The number of hydrogen-bond acceptors (Lipinski definition) is 2. The molecule has 1 amide bonds. The van der Waals surface area contributed by atoms with Gasteiger partial charge in [-0.2, -0.15) is 0 Å². The number of carbonyl (C=O) groups is 1. The van der Waals surface area contributed by atoms with E-state index in [1.54, 1.807) is 4.90 Å². The maximum atomic E-state index is 13.1. The first-order chi connectivity index (χ1) is 8.99. The van der Waals surface area contributed by atoms with Gasteiger partial charge in [0.2, 0.25) is 5.91 Å². The predicted octanol–water partition coefficient (Wildman–Crippen LogP) is 2.14. The van der Waals surface area contributed by atoms with E-state index in [4.69, 9.17) is 0 Å². The maximum absolute atomic E-state index is 13.1. The van der Waals surface area contributed by atoms with Crippen molar-refractivity contribution in [2.24, 2.45) is 0 Å². The summed E-state index contributed by atoms with van der Waals surface area (Å²) < 4.78 is 25.9. The third-order valence-corrected chi connectivity index (χ3v) is 3.69. The number of nitrogens with one attached hydrogen (secondary N) is 1. The minimum Gasteiger partial charge on any atom is -0.337 e. The monoisotopic (exact) mass is 304 g/mol. The first kappa shape index (κ1) is 16.9. The molecule has 1 aliphatic heterocycles. The molecule has 1 aromatic carbocycles. The zero-order chi connectivity index (χ0) is 14.0. The van der Waals surface area contributed by atoms with E-state index in [2.05, 4.69) is 5.32 Å². The van der Waals surface area contributed by atoms with Gasteiger partial charge in [-0.25, -0.2) is 8.78 Å². The quantitative estimate of drug-likeness (QED) is 0.908. The highest BCUT2D eigenvalue weighted by atomic mass is 35.5. The summed E-state index contributed by atoms with van der Waals surface area (Å²) in [7, 11) is 0. The maximum Gasteiger partial charge on any atom is 0.227 e. The number of benzene rings is 1. The van der Waals surface area contributed by atoms with E-state index in [9.17, 15) is 13.6 Å². The van der Waals surface area contributed by atoms with Crippen molar-refractivity contribution in [2.45, 2.75) is 32.4 Å². The lowest BCUT2D eigenvalue weighted by molar-refractivity contribution is -0.134. The molecule has 0 radical (unpaired) electrons. The summed E-state index contributed by atoms with van der Waals surface area (Å²) in [6, 6.07) is 3.94. The Kier molecular flexibility index (Phi) is 5.89. The molecule has 2 rings (SSSR count). The van der Waals surface area contributed by atoms with Crippen molar-refractivity contribution < 1.29 is 13.6 Å². The van der Waals surface area contributed by atoms with E-state index < -0.39 is 11.6 Å². The summed E-state index contributed by atoms with van der Waals surface area (Å²) in [6.07, 6.45) is 0.105. The molecule has 20 heavy (non-hydrogen) atoms. The molecule has 1 aromatic rings. The molecule has 0 spiro atoms. The highest BCUT2D eigenvalue weighted by Gasteiger charge is 2.27. The van der Waals surface area contributed by atoms with Gasteiger partial charge in [-0.3, -0.25) is 4.79 Å². The van der Waals surface area contributed by atoms with Crippen LogP contribution >= 0.6 is 12.4 Å². The Morgan fingerprint density at radius 3 is 2.70 bits per heavy atom. The fourth-order valence-corrected chi connectivity index (χ4v) is 2.33. The standard InChI is InChI=1S/C14H18F2N2O.ClH/c1-9-10(2)18(6-5-17-9)14(19)8-11-3-4-12(15)13(16)7-11;/h3-4,7,9-10,17H,5-6,8H2,1-2H3;1H. The molecular weight excluding hydrogens is 286 g/mol. The second-order valence-electron chi connectivity index (χ2n) is 5.00. The Bertz CT molecular complexity index is 484. The van der Waals surface area contributed by atoms with Crippen LogP contribution in [0.1, 0.15) is 19.4 Å². The highest BCUT2D eigenvalue weighted by Crippen LogP contribution is 2.14. The van der Waals surface area contributed by atoms with Gasteiger partial charge >= 0.3 is 0 Å². The zero-order valence-electron chi connectivity index (χ0n) is 11.5. The van der Waals surface area contributed by atoms with Crippen LogP contribution in [0.25, 0.3) is 0 Å². The van der Waals surface area contributed by atoms with Crippen molar-refractivity contribution >= 4 is 18.3 Å². The van der Waals surface area contributed by atoms with Crippen molar-refractivity contribution in [3.8, 4) is 0 Å². The average Bonchev–Trinajstić information content (AvgIpc) is 2.37. The Hall–Kier alpha value is -1.20. The van der Waals surface area contributed by atoms with E-state index in [0.29, 0.717) is 12.1 Å². The number of amides is 1. The van der Waals surface area contributed by atoms with Crippen LogP contribution in [0.4, 0.5) is 8.78 Å². The van der Waals surface area contributed by atoms with Crippen LogP contribution in [-0.2, 0) is 11.2 Å². The lowest BCUT2D eigenvalue weighted by atomic mass is 10.0. The van der Waals surface area contributed by atoms with Crippen LogP contribution < -0.4 is 5.32 Å². The van der Waals surface area contributed by atoms with Gasteiger partial charge in [-0.15, -0.1) is 12.4 Å². The first-order valence-corrected chi connectivity index (χ1v) is 6.46. The van der Waals surface area contributed by atoms with Crippen LogP contribution in [0.2, 0.25) is 0 Å².